The van der Waals surface area contributed by atoms with E-state index in [0.29, 0.717) is 50.7 Å². The lowest BCUT2D eigenvalue weighted by Crippen LogP contribution is -2.47. The van der Waals surface area contributed by atoms with E-state index in [2.05, 4.69) is 34.6 Å². The highest BCUT2D eigenvalue weighted by molar-refractivity contribution is 6.67. The smallest absolute Gasteiger partial charge is 0.410 e. The predicted octanol–water partition coefficient (Wildman–Crippen LogP) is 1.05. The number of nitrogens with two attached hydrogens (primary N) is 1. The Morgan fingerprint density at radius 3 is 2.67 bits per heavy atom. The Morgan fingerprint density at radius 2 is 2.00 bits per heavy atom. The number of nitrogens with zero attached hydrogens (tertiary/aromatic N) is 3. The monoisotopic (exact) mass is 424 g/mol. The van der Waals surface area contributed by atoms with E-state index >= 15 is 0 Å². The number of hydrogen-bond acceptors (Lipinski definition) is 7. The normalized spacial score (nSPS) is 14.3. The molecule has 0 unspecified atom stereocenters. The largest absolute Gasteiger partial charge is 0.449 e. The fourth-order valence-electron chi connectivity index (χ4n) is 2.93. The number of nitrogens with one attached hydrogen (secondary N) is 2. The molecule has 0 fully saturated rings. The Kier molecular flexibility index (Phi) is 12.1. The first kappa shape index (κ1) is 25.4. The molecule has 170 valence electrons. The molecule has 0 aliphatic carbocycles. The van der Waals surface area contributed by atoms with Gasteiger partial charge in [0.15, 0.2) is 5.71 Å². The van der Waals surface area contributed by atoms with E-state index in [1.165, 1.54) is 11.3 Å². The second kappa shape index (κ2) is 14.4. The number of carbonyl (C=O) groups excluding carboxylic acids is 3. The molecule has 3 amide bonds. The number of hydrogen-bond donors (Lipinski definition) is 3. The van der Waals surface area contributed by atoms with Gasteiger partial charge < -0.3 is 26.1 Å². The molecule has 10 nitrogen and oxygen atoms in total. The summed E-state index contributed by atoms with van der Waals surface area (Å²) in [6, 6.07) is 0. The van der Waals surface area contributed by atoms with Crippen LogP contribution in [-0.2, 0) is 14.3 Å². The quantitative estimate of drug-likeness (QED) is 0.186. The Morgan fingerprint density at radius 1 is 1.23 bits per heavy atom. The first-order chi connectivity index (χ1) is 14.4. The van der Waals surface area contributed by atoms with Crippen molar-refractivity contribution >= 4 is 29.3 Å². The Balaban J connectivity index is 2.41. The van der Waals surface area contributed by atoms with Gasteiger partial charge in [0.05, 0.1) is 25.4 Å². The molecule has 4 N–H and O–H groups in total. The van der Waals surface area contributed by atoms with Crippen molar-refractivity contribution in [3.05, 3.63) is 0 Å². The number of amides is 3. The standard InChI is InChI=1S/C20H36N6O4/c1-15(2)8-5-4-6-13-30-20(29)26-12-11-23-16(14-26)18(25-21)19(28)24-10-7-9-17(27)22-3/h15H,4-14,21H2,1-3H3,(H,22,27)(H,24,28). The van der Waals surface area contributed by atoms with Gasteiger partial charge in [-0.25, -0.2) is 4.79 Å². The van der Waals surface area contributed by atoms with Gasteiger partial charge in [-0.2, -0.15) is 5.10 Å². The molecule has 0 radical (unpaired) electrons. The van der Waals surface area contributed by atoms with Gasteiger partial charge >= 0.3 is 6.09 Å². The fourth-order valence-corrected chi connectivity index (χ4v) is 2.93. The average Bonchev–Trinajstić information content (AvgIpc) is 2.73. The molecule has 1 heterocycles. The summed E-state index contributed by atoms with van der Waals surface area (Å²) in [7, 11) is 1.56. The Hall–Kier alpha value is -2.65. The van der Waals surface area contributed by atoms with Crippen LogP contribution in [0, 0.1) is 5.92 Å². The molecular formula is C20H36N6O4. The summed E-state index contributed by atoms with van der Waals surface area (Å²) in [6.45, 7) is 5.96. The van der Waals surface area contributed by atoms with E-state index < -0.39 is 12.0 Å². The zero-order valence-corrected chi connectivity index (χ0v) is 18.4. The van der Waals surface area contributed by atoms with Crippen LogP contribution in [0.25, 0.3) is 0 Å². The maximum absolute atomic E-state index is 12.3. The van der Waals surface area contributed by atoms with Gasteiger partial charge in [0.2, 0.25) is 5.91 Å². The van der Waals surface area contributed by atoms with Crippen molar-refractivity contribution < 1.29 is 19.1 Å². The highest BCUT2D eigenvalue weighted by Crippen LogP contribution is 2.09. The molecule has 0 aromatic carbocycles. The van der Waals surface area contributed by atoms with Crippen LogP contribution in [-0.4, -0.2) is 74.1 Å². The molecule has 0 aromatic rings. The average molecular weight is 425 g/mol. The number of hydrazone groups is 1. The Bertz CT molecular complexity index is 633. The van der Waals surface area contributed by atoms with E-state index in [1.807, 2.05) is 0 Å². The van der Waals surface area contributed by atoms with Gasteiger partial charge in [-0.05, 0) is 18.8 Å². The van der Waals surface area contributed by atoms with E-state index in [0.717, 1.165) is 19.3 Å². The van der Waals surface area contributed by atoms with Gasteiger partial charge in [0, 0.05) is 26.6 Å². The molecule has 0 saturated heterocycles. The van der Waals surface area contributed by atoms with E-state index in [-0.39, 0.29) is 18.2 Å². The lowest BCUT2D eigenvalue weighted by Gasteiger charge is -2.26. The molecule has 0 atom stereocenters. The highest BCUT2D eigenvalue weighted by atomic mass is 16.6. The molecule has 1 aliphatic rings. The van der Waals surface area contributed by atoms with Crippen molar-refractivity contribution in [3.63, 3.8) is 0 Å². The third-order valence-electron chi connectivity index (χ3n) is 4.69. The summed E-state index contributed by atoms with van der Waals surface area (Å²) in [5, 5.41) is 8.75. The van der Waals surface area contributed by atoms with E-state index in [4.69, 9.17) is 10.6 Å². The summed E-state index contributed by atoms with van der Waals surface area (Å²) in [4.78, 5) is 41.7. The van der Waals surface area contributed by atoms with Crippen molar-refractivity contribution in [2.45, 2.75) is 52.4 Å². The van der Waals surface area contributed by atoms with Gasteiger partial charge in [-0.1, -0.05) is 33.1 Å². The minimum atomic E-state index is -0.478. The molecule has 1 rings (SSSR count). The predicted molar refractivity (Wildman–Crippen MR) is 116 cm³/mol. The zero-order chi connectivity index (χ0) is 22.4. The third kappa shape index (κ3) is 9.71. The second-order valence-electron chi connectivity index (χ2n) is 7.62. The summed E-state index contributed by atoms with van der Waals surface area (Å²) in [5.41, 5.74) is 0.336. The molecule has 1 aliphatic heterocycles. The van der Waals surface area contributed by atoms with Crippen LogP contribution >= 0.6 is 0 Å². The summed E-state index contributed by atoms with van der Waals surface area (Å²) in [5.74, 6) is 5.51. The fraction of sp³-hybridized carbons (Fsp3) is 0.750. The van der Waals surface area contributed by atoms with Crippen LogP contribution in [0.5, 0.6) is 0 Å². The number of aliphatic imine (C=N–C) groups is 1. The Labute approximate surface area is 178 Å². The van der Waals surface area contributed by atoms with Crippen LogP contribution < -0.4 is 16.5 Å². The first-order valence-electron chi connectivity index (χ1n) is 10.6. The zero-order valence-electron chi connectivity index (χ0n) is 18.4. The minimum Gasteiger partial charge on any atom is -0.449 e. The van der Waals surface area contributed by atoms with Gasteiger partial charge in [0.1, 0.15) is 0 Å². The summed E-state index contributed by atoms with van der Waals surface area (Å²) in [6.07, 6.45) is 4.55. The minimum absolute atomic E-state index is 0.0128. The van der Waals surface area contributed by atoms with Crippen molar-refractivity contribution in [3.8, 4) is 0 Å². The number of ether oxygens (including phenoxy) is 1. The topological polar surface area (TPSA) is 138 Å². The molecular weight excluding hydrogens is 388 g/mol. The van der Waals surface area contributed by atoms with Gasteiger partial charge in [-0.3, -0.25) is 14.6 Å². The molecule has 0 spiro atoms. The van der Waals surface area contributed by atoms with Crippen LogP contribution in [0.15, 0.2) is 10.1 Å². The van der Waals surface area contributed by atoms with Gasteiger partial charge in [-0.15, -0.1) is 0 Å². The SMILES string of the molecule is CNC(=O)CCCNC(=O)C(=NN)C1=NCCN(C(=O)OCCCCCC(C)C)C1. The van der Waals surface area contributed by atoms with Crippen LogP contribution in [0.3, 0.4) is 0 Å². The lowest BCUT2D eigenvalue weighted by molar-refractivity contribution is -0.121. The van der Waals surface area contributed by atoms with Crippen molar-refractivity contribution in [1.82, 2.24) is 15.5 Å². The highest BCUT2D eigenvalue weighted by Gasteiger charge is 2.26. The van der Waals surface area contributed by atoms with Crippen LogP contribution in [0.1, 0.15) is 52.4 Å². The first-order valence-corrected chi connectivity index (χ1v) is 10.6. The van der Waals surface area contributed by atoms with Crippen LogP contribution in [0.4, 0.5) is 4.79 Å². The molecule has 30 heavy (non-hydrogen) atoms. The van der Waals surface area contributed by atoms with Gasteiger partial charge in [0.25, 0.3) is 5.91 Å². The summed E-state index contributed by atoms with van der Waals surface area (Å²) < 4.78 is 5.35. The summed E-state index contributed by atoms with van der Waals surface area (Å²) >= 11 is 0. The van der Waals surface area contributed by atoms with Crippen molar-refractivity contribution in [1.29, 1.82) is 0 Å². The second-order valence-corrected chi connectivity index (χ2v) is 7.62. The third-order valence-corrected chi connectivity index (χ3v) is 4.69. The number of rotatable bonds is 12. The number of unbranched alkanes of at least 4 members (excludes halogenated alkanes) is 2. The molecule has 0 aromatic heterocycles. The van der Waals surface area contributed by atoms with E-state index in [1.54, 1.807) is 7.05 Å². The number of carbonyl (C=O) groups is 3. The van der Waals surface area contributed by atoms with Crippen molar-refractivity contribution in [2.24, 2.45) is 21.9 Å². The lowest BCUT2D eigenvalue weighted by atomic mass is 10.1. The van der Waals surface area contributed by atoms with Crippen LogP contribution in [0.2, 0.25) is 0 Å². The maximum atomic E-state index is 12.3. The van der Waals surface area contributed by atoms with Crippen molar-refractivity contribution in [2.75, 3.05) is 39.8 Å². The maximum Gasteiger partial charge on any atom is 0.410 e. The van der Waals surface area contributed by atoms with E-state index in [9.17, 15) is 14.4 Å². The molecule has 10 heteroatoms. The molecule has 0 saturated carbocycles. The molecule has 0 bridgehead atoms.